The summed E-state index contributed by atoms with van der Waals surface area (Å²) >= 11 is 0. The highest BCUT2D eigenvalue weighted by Crippen LogP contribution is 2.40. The Hall–Kier alpha value is -0.820. The first-order valence-electron chi connectivity index (χ1n) is 8.75. The van der Waals surface area contributed by atoms with Gasteiger partial charge in [-0.2, -0.15) is 0 Å². The second kappa shape index (κ2) is 6.96. The van der Waals surface area contributed by atoms with Gasteiger partial charge in [0.25, 0.3) is 0 Å². The van der Waals surface area contributed by atoms with Crippen LogP contribution in [0, 0.1) is 18.3 Å². The van der Waals surface area contributed by atoms with E-state index in [0.29, 0.717) is 17.5 Å². The van der Waals surface area contributed by atoms with Crippen molar-refractivity contribution in [1.82, 2.24) is 5.32 Å². The fourth-order valence-corrected chi connectivity index (χ4v) is 3.64. The van der Waals surface area contributed by atoms with Gasteiger partial charge in [0.1, 0.15) is 0 Å². The maximum Gasteiger partial charge on any atom is 0.0294 e. The fraction of sp³-hybridized carbons (Fsp3) is 0.700. The molecule has 118 valence electrons. The zero-order valence-electron chi connectivity index (χ0n) is 14.6. The largest absolute Gasteiger partial charge is 0.307 e. The van der Waals surface area contributed by atoms with E-state index < -0.39 is 0 Å². The van der Waals surface area contributed by atoms with Gasteiger partial charge in [-0.15, -0.1) is 0 Å². The first-order valence-corrected chi connectivity index (χ1v) is 8.75. The lowest BCUT2D eigenvalue weighted by atomic mass is 9.69. The summed E-state index contributed by atoms with van der Waals surface area (Å²) in [6.45, 7) is 11.7. The van der Waals surface area contributed by atoms with Crippen molar-refractivity contribution in [3.8, 4) is 0 Å². The molecule has 1 aliphatic rings. The maximum absolute atomic E-state index is 3.84. The summed E-state index contributed by atoms with van der Waals surface area (Å²) in [5.74, 6) is 0.912. The number of benzene rings is 1. The summed E-state index contributed by atoms with van der Waals surface area (Å²) < 4.78 is 0. The summed E-state index contributed by atoms with van der Waals surface area (Å²) in [5.41, 5.74) is 3.28. The Labute approximate surface area is 131 Å². The molecule has 1 fully saturated rings. The van der Waals surface area contributed by atoms with E-state index in [0.717, 1.165) is 5.92 Å². The van der Waals surface area contributed by atoms with Gasteiger partial charge in [0.05, 0.1) is 0 Å². The standard InChI is InChI=1S/C20H33N/c1-6-20(4,5)18-11-13-19(14-12-18)21-16(3)17-9-7-15(2)8-10-17/h7-10,16,18-19,21H,6,11-14H2,1-5H3/t16-,18?,19?/m0/s1. The summed E-state index contributed by atoms with van der Waals surface area (Å²) in [6.07, 6.45) is 6.75. The Balaban J connectivity index is 1.84. The molecular weight excluding hydrogens is 254 g/mol. The van der Waals surface area contributed by atoms with Gasteiger partial charge in [0, 0.05) is 12.1 Å². The minimum absolute atomic E-state index is 0.464. The van der Waals surface area contributed by atoms with E-state index in [1.54, 1.807) is 0 Å². The molecular formula is C20H33N. The number of nitrogens with one attached hydrogen (secondary N) is 1. The maximum atomic E-state index is 3.84. The molecule has 0 aromatic heterocycles. The molecule has 2 rings (SSSR count). The van der Waals surface area contributed by atoms with Crippen molar-refractivity contribution < 1.29 is 0 Å². The van der Waals surface area contributed by atoms with Crippen molar-refractivity contribution in [2.24, 2.45) is 11.3 Å². The van der Waals surface area contributed by atoms with Crippen molar-refractivity contribution in [2.45, 2.75) is 78.8 Å². The topological polar surface area (TPSA) is 12.0 Å². The van der Waals surface area contributed by atoms with Gasteiger partial charge in [-0.25, -0.2) is 0 Å². The van der Waals surface area contributed by atoms with Crippen LogP contribution in [-0.2, 0) is 0 Å². The molecule has 0 saturated heterocycles. The Kier molecular flexibility index (Phi) is 5.48. The van der Waals surface area contributed by atoms with Gasteiger partial charge < -0.3 is 5.32 Å². The van der Waals surface area contributed by atoms with Crippen LogP contribution >= 0.6 is 0 Å². The highest BCUT2D eigenvalue weighted by atomic mass is 14.9. The van der Waals surface area contributed by atoms with Gasteiger partial charge in [0.2, 0.25) is 0 Å². The predicted molar refractivity (Wildman–Crippen MR) is 92.5 cm³/mol. The highest BCUT2D eigenvalue weighted by Gasteiger charge is 2.31. The van der Waals surface area contributed by atoms with Crippen LogP contribution in [0.2, 0.25) is 0 Å². The molecule has 0 aliphatic heterocycles. The number of aryl methyl sites for hydroxylation is 1. The summed E-state index contributed by atoms with van der Waals surface area (Å²) in [7, 11) is 0. The second-order valence-electron chi connectivity index (χ2n) is 7.69. The van der Waals surface area contributed by atoms with Crippen molar-refractivity contribution >= 4 is 0 Å². The lowest BCUT2D eigenvalue weighted by molar-refractivity contribution is 0.134. The molecule has 0 unspecified atom stereocenters. The Morgan fingerprint density at radius 1 is 1.10 bits per heavy atom. The van der Waals surface area contributed by atoms with Crippen LogP contribution < -0.4 is 5.32 Å². The lowest BCUT2D eigenvalue weighted by Gasteiger charge is -2.39. The van der Waals surface area contributed by atoms with Crippen LogP contribution in [0.15, 0.2) is 24.3 Å². The first kappa shape index (κ1) is 16.5. The Morgan fingerprint density at radius 2 is 1.67 bits per heavy atom. The van der Waals surface area contributed by atoms with Crippen LogP contribution in [-0.4, -0.2) is 6.04 Å². The molecule has 0 bridgehead atoms. The number of rotatable bonds is 5. The summed E-state index contributed by atoms with van der Waals surface area (Å²) in [5, 5.41) is 3.84. The normalized spacial score (nSPS) is 24.8. The minimum atomic E-state index is 0.464. The van der Waals surface area contributed by atoms with Crippen molar-refractivity contribution in [1.29, 1.82) is 0 Å². The van der Waals surface area contributed by atoms with Crippen LogP contribution in [0.25, 0.3) is 0 Å². The predicted octanol–water partition coefficient (Wildman–Crippen LogP) is 5.64. The fourth-order valence-electron chi connectivity index (χ4n) is 3.64. The van der Waals surface area contributed by atoms with E-state index in [-0.39, 0.29) is 0 Å². The smallest absolute Gasteiger partial charge is 0.0294 e. The van der Waals surface area contributed by atoms with Gasteiger partial charge in [-0.1, -0.05) is 57.0 Å². The van der Waals surface area contributed by atoms with E-state index in [1.165, 1.54) is 43.2 Å². The van der Waals surface area contributed by atoms with Crippen LogP contribution in [0.5, 0.6) is 0 Å². The van der Waals surface area contributed by atoms with Crippen molar-refractivity contribution in [3.05, 3.63) is 35.4 Å². The van der Waals surface area contributed by atoms with E-state index in [1.807, 2.05) is 0 Å². The van der Waals surface area contributed by atoms with E-state index >= 15 is 0 Å². The third-order valence-corrected chi connectivity index (χ3v) is 5.81. The van der Waals surface area contributed by atoms with Gasteiger partial charge in [-0.05, 0) is 56.4 Å². The average molecular weight is 287 g/mol. The van der Waals surface area contributed by atoms with Gasteiger partial charge >= 0.3 is 0 Å². The van der Waals surface area contributed by atoms with Crippen molar-refractivity contribution in [3.63, 3.8) is 0 Å². The molecule has 1 aromatic rings. The zero-order chi connectivity index (χ0) is 15.5. The van der Waals surface area contributed by atoms with Crippen LogP contribution in [0.1, 0.15) is 77.0 Å². The second-order valence-corrected chi connectivity index (χ2v) is 7.69. The molecule has 0 amide bonds. The van der Waals surface area contributed by atoms with E-state index in [2.05, 4.69) is 64.2 Å². The quantitative estimate of drug-likeness (QED) is 0.739. The van der Waals surface area contributed by atoms with E-state index in [9.17, 15) is 0 Å². The first-order chi connectivity index (χ1) is 9.92. The molecule has 1 atom stereocenters. The molecule has 1 heteroatoms. The molecule has 1 nitrogen and oxygen atoms in total. The summed E-state index contributed by atoms with van der Waals surface area (Å²) in [6, 6.07) is 10.1. The number of hydrogen-bond acceptors (Lipinski definition) is 1. The molecule has 0 spiro atoms. The third-order valence-electron chi connectivity index (χ3n) is 5.81. The SMILES string of the molecule is CCC(C)(C)C1CCC(N[C@@H](C)c2ccc(C)cc2)CC1. The van der Waals surface area contributed by atoms with Crippen LogP contribution in [0.3, 0.4) is 0 Å². The monoisotopic (exact) mass is 287 g/mol. The third kappa shape index (κ3) is 4.32. The molecule has 1 N–H and O–H groups in total. The molecule has 1 aliphatic carbocycles. The minimum Gasteiger partial charge on any atom is -0.307 e. The molecule has 0 heterocycles. The van der Waals surface area contributed by atoms with Crippen molar-refractivity contribution in [2.75, 3.05) is 0 Å². The summed E-state index contributed by atoms with van der Waals surface area (Å²) in [4.78, 5) is 0. The van der Waals surface area contributed by atoms with E-state index in [4.69, 9.17) is 0 Å². The Morgan fingerprint density at radius 3 is 2.19 bits per heavy atom. The average Bonchev–Trinajstić information content (AvgIpc) is 2.48. The lowest BCUT2D eigenvalue weighted by Crippen LogP contribution is -2.38. The van der Waals surface area contributed by atoms with Crippen LogP contribution in [0.4, 0.5) is 0 Å². The molecule has 21 heavy (non-hydrogen) atoms. The zero-order valence-corrected chi connectivity index (χ0v) is 14.6. The number of hydrogen-bond donors (Lipinski definition) is 1. The molecule has 1 aromatic carbocycles. The Bertz CT molecular complexity index is 424. The van der Waals surface area contributed by atoms with Gasteiger partial charge in [0.15, 0.2) is 0 Å². The highest BCUT2D eigenvalue weighted by molar-refractivity contribution is 5.23. The molecule has 1 saturated carbocycles. The molecule has 0 radical (unpaired) electrons. The van der Waals surface area contributed by atoms with Gasteiger partial charge in [-0.3, -0.25) is 0 Å².